The number of rotatable bonds is 2. The van der Waals surface area contributed by atoms with E-state index in [9.17, 15) is 18.0 Å². The van der Waals surface area contributed by atoms with Gasteiger partial charge in [-0.05, 0) is 34.7 Å². The van der Waals surface area contributed by atoms with Gasteiger partial charge in [-0.2, -0.15) is 13.2 Å². The second-order valence-electron chi connectivity index (χ2n) is 2.71. The Balaban J connectivity index is 3.04. The molecule has 1 N–H and O–H groups in total. The number of halogens is 4. The lowest BCUT2D eigenvalue weighted by molar-refractivity contribution is -0.138. The van der Waals surface area contributed by atoms with Gasteiger partial charge in [-0.15, -0.1) is 0 Å². The summed E-state index contributed by atoms with van der Waals surface area (Å²) in [5.41, 5.74) is -0.739. The molecule has 1 aromatic rings. The average molecular weight is 331 g/mol. The Kier molecular flexibility index (Phi) is 3.53. The van der Waals surface area contributed by atoms with Crippen molar-refractivity contribution in [3.05, 3.63) is 27.1 Å². The number of carbonyl (C=O) groups is 1. The molecule has 0 aliphatic carbocycles. The van der Waals surface area contributed by atoms with Gasteiger partial charge in [-0.1, -0.05) is 0 Å². The maximum atomic E-state index is 12.3. The molecule has 3 nitrogen and oxygen atoms in total. The van der Waals surface area contributed by atoms with Crippen LogP contribution in [0.4, 0.5) is 13.2 Å². The third kappa shape index (κ3) is 3.33. The van der Waals surface area contributed by atoms with E-state index in [2.05, 4.69) is 4.98 Å². The Bertz CT molecular complexity index is 392. The number of aromatic nitrogens is 1. The molecule has 0 aromatic carbocycles. The summed E-state index contributed by atoms with van der Waals surface area (Å²) in [6.45, 7) is 0. The molecule has 1 heterocycles. The minimum atomic E-state index is -4.45. The molecule has 7 heteroatoms. The molecule has 0 amide bonds. The Morgan fingerprint density at radius 3 is 2.47 bits per heavy atom. The summed E-state index contributed by atoms with van der Waals surface area (Å²) in [5.74, 6) is -1.13. The molecule has 0 radical (unpaired) electrons. The average Bonchev–Trinajstić information content (AvgIpc) is 1.99. The third-order valence-electron chi connectivity index (χ3n) is 1.54. The molecule has 0 fully saturated rings. The van der Waals surface area contributed by atoms with Crippen molar-refractivity contribution in [3.63, 3.8) is 0 Å². The van der Waals surface area contributed by atoms with E-state index in [-0.39, 0.29) is 15.8 Å². The summed E-state index contributed by atoms with van der Waals surface area (Å²) < 4.78 is 36.6. The lowest BCUT2D eigenvalue weighted by Crippen LogP contribution is -2.11. The number of carboxylic acid groups (broad SMARTS) is 1. The van der Waals surface area contributed by atoms with Crippen molar-refractivity contribution in [3.8, 4) is 0 Å². The zero-order chi connectivity index (χ0) is 11.6. The van der Waals surface area contributed by atoms with Crippen LogP contribution in [0.15, 0.2) is 12.1 Å². The van der Waals surface area contributed by atoms with E-state index in [4.69, 9.17) is 5.11 Å². The fourth-order valence-electron chi connectivity index (χ4n) is 0.937. The van der Waals surface area contributed by atoms with Gasteiger partial charge in [0.25, 0.3) is 0 Å². The van der Waals surface area contributed by atoms with Gasteiger partial charge in [0.05, 0.1) is 17.7 Å². The van der Waals surface area contributed by atoms with Gasteiger partial charge in [0.1, 0.15) is 3.70 Å². The SMILES string of the molecule is O=C(O)Cc1ccc(C(F)(F)F)c(I)n1. The highest BCUT2D eigenvalue weighted by Gasteiger charge is 2.33. The normalized spacial score (nSPS) is 11.5. The van der Waals surface area contributed by atoms with Crippen molar-refractivity contribution >= 4 is 28.6 Å². The third-order valence-corrected chi connectivity index (χ3v) is 2.37. The fourth-order valence-corrected chi connectivity index (χ4v) is 1.73. The Morgan fingerprint density at radius 2 is 2.07 bits per heavy atom. The minimum absolute atomic E-state index is 0.111. The van der Waals surface area contributed by atoms with Crippen LogP contribution < -0.4 is 0 Å². The highest BCUT2D eigenvalue weighted by atomic mass is 127. The van der Waals surface area contributed by atoms with E-state index in [0.717, 1.165) is 12.1 Å². The predicted octanol–water partition coefficient (Wildman–Crippen LogP) is 2.33. The first-order chi connectivity index (χ1) is 6.80. The largest absolute Gasteiger partial charge is 0.481 e. The van der Waals surface area contributed by atoms with E-state index in [1.165, 1.54) is 22.6 Å². The molecule has 0 unspecified atom stereocenters. The first-order valence-corrected chi connectivity index (χ1v) is 4.83. The van der Waals surface area contributed by atoms with Crippen molar-refractivity contribution in [1.29, 1.82) is 0 Å². The molecule has 1 rings (SSSR count). The number of pyridine rings is 1. The molecular weight excluding hydrogens is 326 g/mol. The molecule has 0 aliphatic rings. The zero-order valence-corrected chi connectivity index (χ0v) is 9.33. The predicted molar refractivity (Wildman–Crippen MR) is 53.3 cm³/mol. The van der Waals surface area contributed by atoms with Gasteiger partial charge in [-0.3, -0.25) is 4.79 Å². The van der Waals surface area contributed by atoms with E-state index in [1.807, 2.05) is 0 Å². The molecule has 82 valence electrons. The van der Waals surface area contributed by atoms with Crippen LogP contribution in [-0.4, -0.2) is 16.1 Å². The van der Waals surface area contributed by atoms with Crippen molar-refractivity contribution in [2.24, 2.45) is 0 Å². The zero-order valence-electron chi connectivity index (χ0n) is 7.18. The van der Waals surface area contributed by atoms with Crippen molar-refractivity contribution in [1.82, 2.24) is 4.98 Å². The summed E-state index contributed by atoms with van der Waals surface area (Å²) >= 11 is 1.43. The number of aliphatic carboxylic acids is 1. The van der Waals surface area contributed by atoms with Gasteiger partial charge in [0.15, 0.2) is 0 Å². The Labute approximate surface area is 96.5 Å². The first kappa shape index (κ1) is 12.2. The summed E-state index contributed by atoms with van der Waals surface area (Å²) in [6, 6.07) is 1.91. The number of hydrogen-bond acceptors (Lipinski definition) is 2. The minimum Gasteiger partial charge on any atom is -0.481 e. The van der Waals surface area contributed by atoms with Crippen LogP contribution in [0.3, 0.4) is 0 Å². The molecule has 0 saturated heterocycles. The molecule has 1 aromatic heterocycles. The maximum Gasteiger partial charge on any atom is 0.418 e. The van der Waals surface area contributed by atoms with E-state index >= 15 is 0 Å². The van der Waals surface area contributed by atoms with Crippen LogP contribution in [0.1, 0.15) is 11.3 Å². The maximum absolute atomic E-state index is 12.3. The van der Waals surface area contributed by atoms with Crippen LogP contribution in [0.25, 0.3) is 0 Å². The van der Waals surface area contributed by atoms with Crippen molar-refractivity contribution < 1.29 is 23.1 Å². The molecule has 0 atom stereocenters. The van der Waals surface area contributed by atoms with Crippen molar-refractivity contribution in [2.45, 2.75) is 12.6 Å². The van der Waals surface area contributed by atoms with E-state index in [0.29, 0.717) is 0 Å². The fraction of sp³-hybridized carbons (Fsp3) is 0.250. The number of alkyl halides is 3. The Hall–Kier alpha value is -0.860. The first-order valence-electron chi connectivity index (χ1n) is 3.75. The molecular formula is C8H5F3INO2. The van der Waals surface area contributed by atoms with Crippen LogP contribution in [0, 0.1) is 3.70 Å². The second-order valence-corrected chi connectivity index (χ2v) is 3.73. The topological polar surface area (TPSA) is 50.2 Å². The van der Waals surface area contributed by atoms with Gasteiger partial charge in [-0.25, -0.2) is 4.98 Å². The van der Waals surface area contributed by atoms with Crippen molar-refractivity contribution in [2.75, 3.05) is 0 Å². The van der Waals surface area contributed by atoms with Crippen LogP contribution in [-0.2, 0) is 17.4 Å². The number of hydrogen-bond donors (Lipinski definition) is 1. The Morgan fingerprint density at radius 1 is 1.47 bits per heavy atom. The molecule has 0 spiro atoms. The quantitative estimate of drug-likeness (QED) is 0.669. The molecule has 0 bridgehead atoms. The standard InChI is InChI=1S/C8H5F3INO2/c9-8(10,11)5-2-1-4(3-6(14)15)13-7(5)12/h1-2H,3H2,(H,14,15). The van der Waals surface area contributed by atoms with E-state index < -0.39 is 17.7 Å². The van der Waals surface area contributed by atoms with Gasteiger partial charge >= 0.3 is 12.1 Å². The lowest BCUT2D eigenvalue weighted by Gasteiger charge is -2.08. The smallest absolute Gasteiger partial charge is 0.418 e. The molecule has 0 aliphatic heterocycles. The summed E-state index contributed by atoms with van der Waals surface area (Å²) in [6.07, 6.45) is -4.83. The summed E-state index contributed by atoms with van der Waals surface area (Å²) in [4.78, 5) is 13.9. The highest BCUT2D eigenvalue weighted by Crippen LogP contribution is 2.31. The number of carboxylic acids is 1. The number of nitrogens with zero attached hydrogens (tertiary/aromatic N) is 1. The van der Waals surface area contributed by atoms with Crippen LogP contribution in [0.5, 0.6) is 0 Å². The summed E-state index contributed by atoms with van der Waals surface area (Å²) in [5, 5.41) is 8.42. The van der Waals surface area contributed by atoms with Crippen LogP contribution in [0.2, 0.25) is 0 Å². The molecule has 0 saturated carbocycles. The highest BCUT2D eigenvalue weighted by molar-refractivity contribution is 14.1. The molecule has 15 heavy (non-hydrogen) atoms. The van der Waals surface area contributed by atoms with Crippen LogP contribution >= 0.6 is 22.6 Å². The lowest BCUT2D eigenvalue weighted by atomic mass is 10.2. The summed E-state index contributed by atoms with van der Waals surface area (Å²) in [7, 11) is 0. The van der Waals surface area contributed by atoms with E-state index in [1.54, 1.807) is 0 Å². The monoisotopic (exact) mass is 331 g/mol. The second kappa shape index (κ2) is 4.33. The van der Waals surface area contributed by atoms with Gasteiger partial charge in [0, 0.05) is 0 Å². The van der Waals surface area contributed by atoms with Gasteiger partial charge < -0.3 is 5.11 Å². The van der Waals surface area contributed by atoms with Gasteiger partial charge in [0.2, 0.25) is 0 Å².